The summed E-state index contributed by atoms with van der Waals surface area (Å²) < 4.78 is 32.5. The number of halogens is 1. The van der Waals surface area contributed by atoms with Crippen LogP contribution in [0, 0.1) is 6.92 Å². The van der Waals surface area contributed by atoms with E-state index < -0.39 is 28.5 Å². The largest absolute Gasteiger partial charge is 0.495 e. The molecule has 0 aliphatic heterocycles. The molecule has 1 atom stereocenters. The van der Waals surface area contributed by atoms with Crippen molar-refractivity contribution < 1.29 is 22.7 Å². The van der Waals surface area contributed by atoms with Gasteiger partial charge in [0.15, 0.2) is 0 Å². The number of methoxy groups -OCH3 is 1. The molecule has 0 radical (unpaired) electrons. The first-order valence-corrected chi connectivity index (χ1v) is 15.2. The van der Waals surface area contributed by atoms with Crippen molar-refractivity contribution in [1.29, 1.82) is 0 Å². The molecule has 0 aliphatic rings. The summed E-state index contributed by atoms with van der Waals surface area (Å²) in [6.07, 6.45) is 1.99. The van der Waals surface area contributed by atoms with Crippen LogP contribution in [0.5, 0.6) is 5.75 Å². The van der Waals surface area contributed by atoms with Crippen LogP contribution in [-0.2, 0) is 32.6 Å². The van der Waals surface area contributed by atoms with Gasteiger partial charge in [-0.05, 0) is 48.2 Å². The lowest BCUT2D eigenvalue weighted by molar-refractivity contribution is -0.140. The van der Waals surface area contributed by atoms with Crippen LogP contribution in [0.15, 0.2) is 72.8 Å². The van der Waals surface area contributed by atoms with Crippen LogP contribution in [0.4, 0.5) is 5.69 Å². The Kier molecular flexibility index (Phi) is 11.0. The number of benzene rings is 3. The number of rotatable bonds is 13. The van der Waals surface area contributed by atoms with Crippen LogP contribution in [0.3, 0.4) is 0 Å². The van der Waals surface area contributed by atoms with Gasteiger partial charge in [0.1, 0.15) is 18.3 Å². The topological polar surface area (TPSA) is 96.0 Å². The fourth-order valence-electron chi connectivity index (χ4n) is 4.32. The van der Waals surface area contributed by atoms with Gasteiger partial charge in [-0.2, -0.15) is 0 Å². The maximum atomic E-state index is 14.1. The fraction of sp³-hybridized carbons (Fsp3) is 0.333. The van der Waals surface area contributed by atoms with Crippen LogP contribution in [0.2, 0.25) is 5.02 Å². The van der Waals surface area contributed by atoms with Crippen molar-refractivity contribution in [2.45, 2.75) is 39.3 Å². The second kappa shape index (κ2) is 14.2. The van der Waals surface area contributed by atoms with E-state index in [4.69, 9.17) is 16.3 Å². The minimum atomic E-state index is -3.92. The quantitative estimate of drug-likeness (QED) is 0.317. The van der Waals surface area contributed by atoms with Crippen molar-refractivity contribution in [3.63, 3.8) is 0 Å². The molecule has 0 spiro atoms. The number of aryl methyl sites for hydroxylation is 1. The average molecular weight is 586 g/mol. The highest BCUT2D eigenvalue weighted by Crippen LogP contribution is 2.31. The number of ether oxygens (including phenoxy) is 1. The summed E-state index contributed by atoms with van der Waals surface area (Å²) in [5.74, 6) is -0.574. The van der Waals surface area contributed by atoms with Gasteiger partial charge in [0, 0.05) is 24.5 Å². The normalized spacial score (nSPS) is 11.9. The number of hydrogen-bond acceptors (Lipinski definition) is 5. The number of carbonyl (C=O) groups is 2. The highest BCUT2D eigenvalue weighted by atomic mass is 35.5. The van der Waals surface area contributed by atoms with Crippen molar-refractivity contribution in [2.24, 2.45) is 0 Å². The standard InChI is InChI=1S/C30H36ClN3O5S/c1-5-17-32-30(36)27(19-23-11-7-6-8-12-23)33(20-24-13-9-10-14-25(24)31)29(35)21-34(40(4,37)38)26-18-22(2)15-16-28(26)39-3/h6-16,18,27H,5,17,19-21H2,1-4H3,(H,32,36). The molecular formula is C30H36ClN3O5S. The third-order valence-corrected chi connectivity index (χ3v) is 7.90. The first-order valence-electron chi connectivity index (χ1n) is 13.0. The Bertz CT molecular complexity index is 1420. The molecule has 214 valence electrons. The molecule has 0 saturated heterocycles. The minimum absolute atomic E-state index is 0.0120. The predicted octanol–water partition coefficient (Wildman–Crippen LogP) is 4.59. The lowest BCUT2D eigenvalue weighted by atomic mass is 10.0. The molecule has 0 fully saturated rings. The highest BCUT2D eigenvalue weighted by Gasteiger charge is 2.34. The SMILES string of the molecule is CCCNC(=O)C(Cc1ccccc1)N(Cc1ccccc1Cl)C(=O)CN(c1cc(C)ccc1OC)S(C)(=O)=O. The fourth-order valence-corrected chi connectivity index (χ4v) is 5.36. The molecule has 8 nitrogen and oxygen atoms in total. The number of nitrogens with zero attached hydrogens (tertiary/aromatic N) is 2. The molecule has 0 bridgehead atoms. The van der Waals surface area contributed by atoms with E-state index in [-0.39, 0.29) is 24.6 Å². The first kappa shape index (κ1) is 31.0. The van der Waals surface area contributed by atoms with E-state index >= 15 is 0 Å². The van der Waals surface area contributed by atoms with E-state index in [1.165, 1.54) is 12.0 Å². The number of hydrogen-bond donors (Lipinski definition) is 1. The maximum Gasteiger partial charge on any atom is 0.244 e. The van der Waals surface area contributed by atoms with E-state index in [2.05, 4.69) is 5.32 Å². The zero-order chi connectivity index (χ0) is 29.3. The molecule has 3 rings (SSSR count). The van der Waals surface area contributed by atoms with Gasteiger partial charge in [-0.1, -0.05) is 73.1 Å². The molecule has 3 aromatic carbocycles. The first-order chi connectivity index (χ1) is 19.0. The lowest BCUT2D eigenvalue weighted by Crippen LogP contribution is -2.53. The molecule has 0 aliphatic carbocycles. The van der Waals surface area contributed by atoms with Crippen LogP contribution in [0.1, 0.15) is 30.0 Å². The number of nitrogens with one attached hydrogen (secondary N) is 1. The van der Waals surface area contributed by atoms with Gasteiger partial charge in [0.2, 0.25) is 21.8 Å². The molecule has 0 aromatic heterocycles. The minimum Gasteiger partial charge on any atom is -0.495 e. The second-order valence-electron chi connectivity index (χ2n) is 9.55. The zero-order valence-electron chi connectivity index (χ0n) is 23.3. The van der Waals surface area contributed by atoms with Crippen molar-refractivity contribution in [3.05, 3.63) is 94.5 Å². The smallest absolute Gasteiger partial charge is 0.244 e. The van der Waals surface area contributed by atoms with Crippen LogP contribution >= 0.6 is 11.6 Å². The number of amides is 2. The Labute approximate surface area is 241 Å². The summed E-state index contributed by atoms with van der Waals surface area (Å²) in [6, 6.07) is 20.6. The Hall–Kier alpha value is -3.56. The zero-order valence-corrected chi connectivity index (χ0v) is 24.8. The molecule has 2 amide bonds. The average Bonchev–Trinajstić information content (AvgIpc) is 2.93. The van der Waals surface area contributed by atoms with Gasteiger partial charge in [-0.25, -0.2) is 8.42 Å². The van der Waals surface area contributed by atoms with E-state index in [1.54, 1.807) is 42.5 Å². The number of sulfonamides is 1. The third-order valence-electron chi connectivity index (χ3n) is 6.40. The predicted molar refractivity (Wildman–Crippen MR) is 159 cm³/mol. The third kappa shape index (κ3) is 8.22. The monoisotopic (exact) mass is 585 g/mol. The summed E-state index contributed by atoms with van der Waals surface area (Å²) in [4.78, 5) is 29.1. The van der Waals surface area contributed by atoms with Crippen molar-refractivity contribution in [1.82, 2.24) is 10.2 Å². The van der Waals surface area contributed by atoms with E-state index in [9.17, 15) is 18.0 Å². The summed E-state index contributed by atoms with van der Waals surface area (Å²) >= 11 is 6.47. The Balaban J connectivity index is 2.09. The summed E-state index contributed by atoms with van der Waals surface area (Å²) in [7, 11) is -2.48. The Morgan fingerprint density at radius 1 is 1.02 bits per heavy atom. The van der Waals surface area contributed by atoms with Crippen molar-refractivity contribution >= 4 is 39.1 Å². The molecular weight excluding hydrogens is 550 g/mol. The molecule has 1 unspecified atom stereocenters. The van der Waals surface area contributed by atoms with Crippen LogP contribution in [0.25, 0.3) is 0 Å². The molecule has 10 heteroatoms. The van der Waals surface area contributed by atoms with Gasteiger partial charge in [-0.3, -0.25) is 13.9 Å². The highest BCUT2D eigenvalue weighted by molar-refractivity contribution is 7.92. The van der Waals surface area contributed by atoms with Gasteiger partial charge in [0.25, 0.3) is 0 Å². The molecule has 40 heavy (non-hydrogen) atoms. The van der Waals surface area contributed by atoms with E-state index in [1.807, 2.05) is 44.2 Å². The summed E-state index contributed by atoms with van der Waals surface area (Å²) in [5.41, 5.74) is 2.53. The van der Waals surface area contributed by atoms with Gasteiger partial charge < -0.3 is 15.0 Å². The van der Waals surface area contributed by atoms with Crippen LogP contribution < -0.4 is 14.4 Å². The summed E-state index contributed by atoms with van der Waals surface area (Å²) in [5, 5.41) is 3.35. The molecule has 0 saturated carbocycles. The van der Waals surface area contributed by atoms with Crippen molar-refractivity contribution in [2.75, 3.05) is 30.8 Å². The Morgan fingerprint density at radius 3 is 2.33 bits per heavy atom. The van der Waals surface area contributed by atoms with E-state index in [0.29, 0.717) is 22.9 Å². The Morgan fingerprint density at radius 2 is 1.70 bits per heavy atom. The second-order valence-corrected chi connectivity index (χ2v) is 11.9. The van der Waals surface area contributed by atoms with Gasteiger partial charge in [0.05, 0.1) is 19.1 Å². The van der Waals surface area contributed by atoms with Gasteiger partial charge in [-0.15, -0.1) is 0 Å². The van der Waals surface area contributed by atoms with Crippen LogP contribution in [-0.4, -0.2) is 57.6 Å². The van der Waals surface area contributed by atoms with Crippen molar-refractivity contribution in [3.8, 4) is 5.75 Å². The molecule has 1 N–H and O–H groups in total. The molecule has 0 heterocycles. The van der Waals surface area contributed by atoms with E-state index in [0.717, 1.165) is 28.1 Å². The lowest BCUT2D eigenvalue weighted by Gasteiger charge is -2.34. The number of carbonyl (C=O) groups excluding carboxylic acids is 2. The van der Waals surface area contributed by atoms with Gasteiger partial charge >= 0.3 is 0 Å². The summed E-state index contributed by atoms with van der Waals surface area (Å²) in [6.45, 7) is 3.68. The number of anilines is 1. The molecule has 3 aromatic rings. The maximum absolute atomic E-state index is 14.1.